The molecule has 0 saturated carbocycles. The van der Waals surface area contributed by atoms with E-state index in [1.807, 2.05) is 23.6 Å². The lowest BCUT2D eigenvalue weighted by Crippen LogP contribution is -2.36. The van der Waals surface area contributed by atoms with Crippen LogP contribution in [0.2, 0.25) is 0 Å². The van der Waals surface area contributed by atoms with Gasteiger partial charge in [-0.15, -0.1) is 11.3 Å². The van der Waals surface area contributed by atoms with Gasteiger partial charge in [0.15, 0.2) is 0 Å². The first-order valence-electron chi connectivity index (χ1n) is 8.91. The van der Waals surface area contributed by atoms with Gasteiger partial charge in [0.1, 0.15) is 5.76 Å². The van der Waals surface area contributed by atoms with Crippen molar-refractivity contribution in [3.8, 4) is 0 Å². The normalized spacial score (nSPS) is 13.1. The summed E-state index contributed by atoms with van der Waals surface area (Å²) in [5.41, 5.74) is 0.789. The van der Waals surface area contributed by atoms with Crippen molar-refractivity contribution in [3.05, 3.63) is 81.9 Å². The van der Waals surface area contributed by atoms with E-state index in [1.165, 1.54) is 0 Å². The van der Waals surface area contributed by atoms with Crippen molar-refractivity contribution in [3.63, 3.8) is 0 Å². The molecule has 0 radical (unpaired) electrons. The lowest BCUT2D eigenvalue weighted by atomic mass is 10.1. The summed E-state index contributed by atoms with van der Waals surface area (Å²) in [5.74, 6) is -0.138. The highest BCUT2D eigenvalue weighted by molar-refractivity contribution is 7.09. The summed E-state index contributed by atoms with van der Waals surface area (Å²) >= 11 is 1.57. The Kier molecular flexibility index (Phi) is 5.08. The number of amides is 3. The topological polar surface area (TPSA) is 70.8 Å². The average molecular weight is 394 g/mol. The zero-order chi connectivity index (χ0) is 19.5. The molecule has 4 rings (SSSR count). The van der Waals surface area contributed by atoms with E-state index < -0.39 is 0 Å². The standard InChI is InChI=1S/C21H18N2O4S/c24-19(9-10-23-20(25)17-7-1-2-8-18(17)21(23)26)22(13-15-5-3-11-27-15)14-16-6-4-12-28-16/h1-8,11-12H,9-10,13-14H2. The Hall–Kier alpha value is -3.19. The van der Waals surface area contributed by atoms with Crippen LogP contribution in [0.15, 0.2) is 64.6 Å². The van der Waals surface area contributed by atoms with Crippen molar-refractivity contribution < 1.29 is 18.8 Å². The molecule has 6 nitrogen and oxygen atoms in total. The average Bonchev–Trinajstić information content (AvgIpc) is 3.44. The van der Waals surface area contributed by atoms with Gasteiger partial charge in [-0.3, -0.25) is 19.3 Å². The molecule has 0 N–H and O–H groups in total. The van der Waals surface area contributed by atoms with Gasteiger partial charge >= 0.3 is 0 Å². The maximum atomic E-state index is 12.9. The van der Waals surface area contributed by atoms with Gasteiger partial charge in [0.05, 0.1) is 30.5 Å². The smallest absolute Gasteiger partial charge is 0.261 e. The minimum absolute atomic E-state index is 0.0598. The van der Waals surface area contributed by atoms with Crippen molar-refractivity contribution in [2.24, 2.45) is 0 Å². The lowest BCUT2D eigenvalue weighted by Gasteiger charge is -2.22. The number of carbonyl (C=O) groups excluding carboxylic acids is 3. The van der Waals surface area contributed by atoms with Gasteiger partial charge in [-0.05, 0) is 35.7 Å². The van der Waals surface area contributed by atoms with Gasteiger partial charge in [0.2, 0.25) is 5.91 Å². The summed E-state index contributed by atoms with van der Waals surface area (Å²) < 4.78 is 5.38. The second kappa shape index (κ2) is 7.82. The van der Waals surface area contributed by atoms with E-state index in [2.05, 4.69) is 0 Å². The monoisotopic (exact) mass is 394 g/mol. The van der Waals surface area contributed by atoms with Crippen LogP contribution in [-0.2, 0) is 17.9 Å². The van der Waals surface area contributed by atoms with Crippen molar-refractivity contribution in [2.45, 2.75) is 19.5 Å². The second-order valence-corrected chi connectivity index (χ2v) is 7.50. The Morgan fingerprint density at radius 1 is 0.964 bits per heavy atom. The van der Waals surface area contributed by atoms with Gasteiger partial charge in [-0.1, -0.05) is 18.2 Å². The quantitative estimate of drug-likeness (QED) is 0.575. The Morgan fingerprint density at radius 2 is 1.71 bits per heavy atom. The summed E-state index contributed by atoms with van der Waals surface area (Å²) in [7, 11) is 0. The molecule has 1 aromatic carbocycles. The first-order chi connectivity index (χ1) is 13.6. The van der Waals surface area contributed by atoms with E-state index >= 15 is 0 Å². The second-order valence-electron chi connectivity index (χ2n) is 6.47. The number of carbonyl (C=O) groups is 3. The molecule has 0 spiro atoms. The van der Waals surface area contributed by atoms with E-state index in [0.29, 0.717) is 30.0 Å². The predicted octanol–water partition coefficient (Wildman–Crippen LogP) is 3.56. The number of nitrogens with zero attached hydrogens (tertiary/aromatic N) is 2. The van der Waals surface area contributed by atoms with Crippen LogP contribution in [0.25, 0.3) is 0 Å². The Bertz CT molecular complexity index is 924. The zero-order valence-corrected chi connectivity index (χ0v) is 15.9. The fourth-order valence-corrected chi connectivity index (χ4v) is 3.94. The van der Waals surface area contributed by atoms with Gasteiger partial charge < -0.3 is 9.32 Å². The number of thiophene rings is 1. The van der Waals surface area contributed by atoms with Crippen LogP contribution in [0.1, 0.15) is 37.8 Å². The first kappa shape index (κ1) is 18.2. The van der Waals surface area contributed by atoms with E-state index in [-0.39, 0.29) is 30.7 Å². The van der Waals surface area contributed by atoms with Gasteiger partial charge in [-0.2, -0.15) is 0 Å². The minimum Gasteiger partial charge on any atom is -0.467 e. The number of furan rings is 1. The molecule has 3 amide bonds. The summed E-state index contributed by atoms with van der Waals surface area (Å²) in [4.78, 5) is 41.7. The maximum Gasteiger partial charge on any atom is 0.261 e. The predicted molar refractivity (Wildman–Crippen MR) is 104 cm³/mol. The van der Waals surface area contributed by atoms with Gasteiger partial charge in [-0.25, -0.2) is 0 Å². The molecule has 3 heterocycles. The van der Waals surface area contributed by atoms with Crippen molar-refractivity contribution in [1.82, 2.24) is 9.80 Å². The summed E-state index contributed by atoms with van der Waals surface area (Å²) in [5, 5.41) is 1.96. The summed E-state index contributed by atoms with van der Waals surface area (Å²) in [6.07, 6.45) is 1.64. The Morgan fingerprint density at radius 3 is 2.32 bits per heavy atom. The van der Waals surface area contributed by atoms with Crippen LogP contribution in [0.4, 0.5) is 0 Å². The number of hydrogen-bond acceptors (Lipinski definition) is 5. The Balaban J connectivity index is 1.44. The number of fused-ring (bicyclic) bond motifs is 1. The molecule has 0 saturated heterocycles. The fraction of sp³-hybridized carbons (Fsp3) is 0.190. The van der Waals surface area contributed by atoms with Crippen molar-refractivity contribution in [2.75, 3.05) is 6.54 Å². The van der Waals surface area contributed by atoms with Gasteiger partial charge in [0.25, 0.3) is 11.8 Å². The molecule has 2 aromatic heterocycles. The molecular weight excluding hydrogens is 376 g/mol. The molecule has 0 bridgehead atoms. The number of benzene rings is 1. The first-order valence-corrected chi connectivity index (χ1v) is 9.79. The molecule has 0 aliphatic carbocycles. The fourth-order valence-electron chi connectivity index (χ4n) is 3.22. The lowest BCUT2D eigenvalue weighted by molar-refractivity contribution is -0.132. The largest absolute Gasteiger partial charge is 0.467 e. The highest BCUT2D eigenvalue weighted by Crippen LogP contribution is 2.23. The van der Waals surface area contributed by atoms with Crippen LogP contribution in [0.5, 0.6) is 0 Å². The van der Waals surface area contributed by atoms with E-state index in [4.69, 9.17) is 4.42 Å². The van der Waals surface area contributed by atoms with Crippen LogP contribution < -0.4 is 0 Å². The van der Waals surface area contributed by atoms with Gasteiger partial charge in [0, 0.05) is 17.8 Å². The molecule has 7 heteroatoms. The Labute approximate surface area is 166 Å². The van der Waals surface area contributed by atoms with Crippen LogP contribution in [0.3, 0.4) is 0 Å². The van der Waals surface area contributed by atoms with Crippen LogP contribution >= 0.6 is 11.3 Å². The number of rotatable bonds is 7. The molecule has 28 heavy (non-hydrogen) atoms. The van der Waals surface area contributed by atoms with E-state index in [9.17, 15) is 14.4 Å². The van der Waals surface area contributed by atoms with Crippen molar-refractivity contribution >= 4 is 29.1 Å². The minimum atomic E-state index is -0.343. The highest BCUT2D eigenvalue weighted by Gasteiger charge is 2.35. The summed E-state index contributed by atoms with van der Waals surface area (Å²) in [6, 6.07) is 14.2. The number of imide groups is 1. The molecule has 142 valence electrons. The van der Waals surface area contributed by atoms with E-state index in [1.54, 1.807) is 52.8 Å². The maximum absolute atomic E-state index is 12.9. The van der Waals surface area contributed by atoms with Crippen LogP contribution in [0, 0.1) is 0 Å². The molecular formula is C21H18N2O4S. The molecule has 0 unspecified atom stereocenters. The zero-order valence-electron chi connectivity index (χ0n) is 15.0. The van der Waals surface area contributed by atoms with E-state index in [0.717, 1.165) is 9.78 Å². The third-order valence-electron chi connectivity index (χ3n) is 4.63. The molecule has 0 atom stereocenters. The SMILES string of the molecule is O=C(CCN1C(=O)c2ccccc2C1=O)N(Cc1ccco1)Cc1cccs1. The van der Waals surface area contributed by atoms with Crippen molar-refractivity contribution in [1.29, 1.82) is 0 Å². The third-order valence-corrected chi connectivity index (χ3v) is 5.49. The molecule has 3 aromatic rings. The van der Waals surface area contributed by atoms with Crippen LogP contribution in [-0.4, -0.2) is 34.1 Å². The highest BCUT2D eigenvalue weighted by atomic mass is 32.1. The molecule has 0 fully saturated rings. The molecule has 1 aliphatic heterocycles. The number of hydrogen-bond donors (Lipinski definition) is 0. The third kappa shape index (κ3) is 3.61. The summed E-state index contributed by atoms with van der Waals surface area (Å²) in [6.45, 7) is 0.857. The molecule has 1 aliphatic rings.